The summed E-state index contributed by atoms with van der Waals surface area (Å²) in [5, 5.41) is 4.62. The van der Waals surface area contributed by atoms with E-state index < -0.39 is 23.5 Å². The molecule has 3 amide bonds. The highest BCUT2D eigenvalue weighted by Gasteiger charge is 2.58. The number of hydrogen-bond donors (Lipinski definition) is 3. The summed E-state index contributed by atoms with van der Waals surface area (Å²) >= 11 is 0. The van der Waals surface area contributed by atoms with Crippen molar-refractivity contribution < 1.29 is 28.8 Å². The lowest BCUT2D eigenvalue weighted by atomic mass is 9.69. The average molecular weight is 529 g/mol. The van der Waals surface area contributed by atoms with Crippen LogP contribution in [0.25, 0.3) is 0 Å². The van der Waals surface area contributed by atoms with Gasteiger partial charge < -0.3 is 14.8 Å². The van der Waals surface area contributed by atoms with Gasteiger partial charge in [-0.15, -0.1) is 0 Å². The third-order valence-electron chi connectivity index (χ3n) is 8.00. The molecule has 0 heterocycles. The Morgan fingerprint density at radius 3 is 2.32 bits per heavy atom. The van der Waals surface area contributed by atoms with Crippen molar-refractivity contribution in [3.8, 4) is 0 Å². The zero-order chi connectivity index (χ0) is 27.5. The summed E-state index contributed by atoms with van der Waals surface area (Å²) in [6.45, 7) is 5.81. The van der Waals surface area contributed by atoms with Crippen LogP contribution in [0.3, 0.4) is 0 Å². The highest BCUT2D eigenvalue weighted by molar-refractivity contribution is 5.86. The fourth-order valence-electron chi connectivity index (χ4n) is 5.65. The molecule has 208 valence electrons. The largest absolute Gasteiger partial charge is 0.444 e. The summed E-state index contributed by atoms with van der Waals surface area (Å²) in [5.41, 5.74) is 5.50. The molecule has 3 aliphatic carbocycles. The molecular weight excluding hydrogens is 488 g/mol. The molecule has 3 saturated carbocycles. The van der Waals surface area contributed by atoms with Gasteiger partial charge in [0.05, 0.1) is 6.61 Å². The number of hydrazine groups is 1. The number of carbonyl (C=O) groups excluding carboxylic acids is 4. The summed E-state index contributed by atoms with van der Waals surface area (Å²) in [6.07, 6.45) is 4.37. The van der Waals surface area contributed by atoms with Crippen molar-refractivity contribution in [2.75, 3.05) is 7.05 Å². The van der Waals surface area contributed by atoms with Crippen molar-refractivity contribution >= 4 is 24.2 Å². The monoisotopic (exact) mass is 528 g/mol. The van der Waals surface area contributed by atoms with E-state index in [-0.39, 0.29) is 35.2 Å². The van der Waals surface area contributed by atoms with E-state index >= 15 is 0 Å². The SMILES string of the molecule is CN(OCc1ccccc1)C1CC(C=O)[C@H](C(=O)NNC(=O)[C@H]2C[C@@H](NC(=O)OC(C)(C)C)C2)CC12CC2. The minimum absolute atomic E-state index is 0.0458. The number of ether oxygens (including phenoxy) is 1. The second-order valence-electron chi connectivity index (χ2n) is 12.0. The highest BCUT2D eigenvalue weighted by Crippen LogP contribution is 2.60. The van der Waals surface area contributed by atoms with E-state index in [1.165, 1.54) is 0 Å². The van der Waals surface area contributed by atoms with E-state index in [2.05, 4.69) is 16.2 Å². The molecule has 0 aromatic heterocycles. The van der Waals surface area contributed by atoms with Gasteiger partial charge in [0.1, 0.15) is 11.9 Å². The maximum absolute atomic E-state index is 13.0. The van der Waals surface area contributed by atoms with Crippen molar-refractivity contribution in [1.29, 1.82) is 0 Å². The number of aldehydes is 1. The van der Waals surface area contributed by atoms with Gasteiger partial charge in [-0.1, -0.05) is 30.3 Å². The summed E-state index contributed by atoms with van der Waals surface area (Å²) in [4.78, 5) is 55.5. The second-order valence-corrected chi connectivity index (χ2v) is 12.0. The predicted octanol–water partition coefficient (Wildman–Crippen LogP) is 2.87. The lowest BCUT2D eigenvalue weighted by Crippen LogP contribution is -2.56. The van der Waals surface area contributed by atoms with Gasteiger partial charge in [-0.05, 0) is 70.3 Å². The first-order valence-electron chi connectivity index (χ1n) is 13.4. The van der Waals surface area contributed by atoms with Crippen LogP contribution >= 0.6 is 0 Å². The standard InChI is InChI=1S/C28H40N4O6/c1-27(2,3)38-26(36)29-21-12-19(13-21)24(34)30-31-25(35)22-15-28(10-11-28)23(14-20(22)16-33)32(4)37-17-18-8-6-5-7-9-18/h5-9,16,19-23H,10-15,17H2,1-4H3,(H,29,36)(H,30,34)(H,31,35)/t19-,20?,21+,22-,23?/m1/s1. The zero-order valence-electron chi connectivity index (χ0n) is 22.7. The van der Waals surface area contributed by atoms with Crippen LogP contribution in [0.4, 0.5) is 4.79 Å². The number of nitrogens with one attached hydrogen (secondary N) is 3. The summed E-state index contributed by atoms with van der Waals surface area (Å²) in [7, 11) is 1.90. The number of carbonyl (C=O) groups is 4. The lowest BCUT2D eigenvalue weighted by Gasteiger charge is -2.43. The van der Waals surface area contributed by atoms with Crippen LogP contribution in [0.5, 0.6) is 0 Å². The maximum atomic E-state index is 13.0. The molecule has 1 aromatic rings. The third-order valence-corrected chi connectivity index (χ3v) is 8.00. The molecule has 10 nitrogen and oxygen atoms in total. The van der Waals surface area contributed by atoms with Crippen molar-refractivity contribution in [2.45, 2.75) is 83.6 Å². The third kappa shape index (κ3) is 6.91. The van der Waals surface area contributed by atoms with Crippen LogP contribution in [0.2, 0.25) is 0 Å². The molecule has 3 N–H and O–H groups in total. The Hall–Kier alpha value is -2.98. The van der Waals surface area contributed by atoms with Gasteiger partial charge in [0.25, 0.3) is 0 Å². The van der Waals surface area contributed by atoms with Crippen LogP contribution in [-0.4, -0.2) is 54.0 Å². The molecule has 1 spiro atoms. The van der Waals surface area contributed by atoms with Crippen LogP contribution < -0.4 is 16.2 Å². The van der Waals surface area contributed by atoms with E-state index in [0.29, 0.717) is 32.3 Å². The molecule has 3 aliphatic rings. The van der Waals surface area contributed by atoms with Gasteiger partial charge in [-0.3, -0.25) is 25.3 Å². The number of hydroxylamine groups is 2. The van der Waals surface area contributed by atoms with Gasteiger partial charge in [0, 0.05) is 36.9 Å². The van der Waals surface area contributed by atoms with Gasteiger partial charge in [0.15, 0.2) is 0 Å². The van der Waals surface area contributed by atoms with E-state index in [0.717, 1.165) is 24.7 Å². The number of alkyl carbamates (subject to hydrolysis) is 1. The molecule has 1 aromatic carbocycles. The number of rotatable bonds is 8. The molecule has 3 fully saturated rings. The molecular formula is C28H40N4O6. The lowest BCUT2D eigenvalue weighted by molar-refractivity contribution is -0.205. The first kappa shape index (κ1) is 28.0. The van der Waals surface area contributed by atoms with E-state index in [4.69, 9.17) is 9.57 Å². The summed E-state index contributed by atoms with van der Waals surface area (Å²) < 4.78 is 5.24. The fraction of sp³-hybridized carbons (Fsp3) is 0.643. The quantitative estimate of drug-likeness (QED) is 0.350. The number of benzene rings is 1. The van der Waals surface area contributed by atoms with Crippen LogP contribution in [0.1, 0.15) is 64.9 Å². The van der Waals surface area contributed by atoms with Gasteiger partial charge >= 0.3 is 6.09 Å². The maximum Gasteiger partial charge on any atom is 0.407 e. The second kappa shape index (κ2) is 11.4. The van der Waals surface area contributed by atoms with E-state index in [1.807, 2.05) is 42.4 Å². The Morgan fingerprint density at radius 2 is 1.71 bits per heavy atom. The molecule has 10 heteroatoms. The Kier molecular flexibility index (Phi) is 8.42. The minimum Gasteiger partial charge on any atom is -0.444 e. The van der Waals surface area contributed by atoms with Gasteiger partial charge in [-0.2, -0.15) is 5.06 Å². The highest BCUT2D eigenvalue weighted by atomic mass is 16.7. The number of hydrogen-bond acceptors (Lipinski definition) is 7. The van der Waals surface area contributed by atoms with E-state index in [1.54, 1.807) is 20.8 Å². The predicted molar refractivity (Wildman–Crippen MR) is 139 cm³/mol. The molecule has 0 bridgehead atoms. The Balaban J connectivity index is 1.23. The number of amides is 3. The smallest absolute Gasteiger partial charge is 0.407 e. The van der Waals surface area contributed by atoms with Gasteiger partial charge in [-0.25, -0.2) is 4.79 Å². The topological polar surface area (TPSA) is 126 Å². The van der Waals surface area contributed by atoms with Crippen molar-refractivity contribution in [3.63, 3.8) is 0 Å². The normalized spacial score (nSPS) is 27.7. The first-order valence-corrected chi connectivity index (χ1v) is 13.4. The van der Waals surface area contributed by atoms with Crippen molar-refractivity contribution in [3.05, 3.63) is 35.9 Å². The van der Waals surface area contributed by atoms with Crippen LogP contribution in [0.15, 0.2) is 30.3 Å². The zero-order valence-corrected chi connectivity index (χ0v) is 22.7. The van der Waals surface area contributed by atoms with Crippen molar-refractivity contribution in [1.82, 2.24) is 21.2 Å². The molecule has 0 radical (unpaired) electrons. The Bertz CT molecular complexity index is 1020. The molecule has 0 aliphatic heterocycles. The first-order chi connectivity index (χ1) is 18.0. The molecule has 3 atom stereocenters. The molecule has 38 heavy (non-hydrogen) atoms. The number of nitrogens with zero attached hydrogens (tertiary/aromatic N) is 1. The van der Waals surface area contributed by atoms with Crippen LogP contribution in [0, 0.1) is 23.2 Å². The van der Waals surface area contributed by atoms with Gasteiger partial charge in [0.2, 0.25) is 11.8 Å². The van der Waals surface area contributed by atoms with Crippen molar-refractivity contribution in [2.24, 2.45) is 23.2 Å². The molecule has 0 saturated heterocycles. The minimum atomic E-state index is -0.586. The fourth-order valence-corrected chi connectivity index (χ4v) is 5.65. The Morgan fingerprint density at radius 1 is 1.05 bits per heavy atom. The summed E-state index contributed by atoms with van der Waals surface area (Å²) in [6, 6.07) is 9.82. The van der Waals surface area contributed by atoms with E-state index in [9.17, 15) is 19.2 Å². The molecule has 2 unspecified atom stereocenters. The average Bonchev–Trinajstić information content (AvgIpc) is 3.61. The Labute approximate surface area is 224 Å². The molecule has 4 rings (SSSR count). The summed E-state index contributed by atoms with van der Waals surface area (Å²) in [5.74, 6) is -1.91. The van der Waals surface area contributed by atoms with Crippen LogP contribution in [-0.2, 0) is 30.6 Å².